The summed E-state index contributed by atoms with van der Waals surface area (Å²) in [5.41, 5.74) is 3.29. The molecule has 3 aromatic rings. The first kappa shape index (κ1) is 22.7. The predicted octanol–water partition coefficient (Wildman–Crippen LogP) is 5.70. The zero-order valence-electron chi connectivity index (χ0n) is 17.2. The Morgan fingerprint density at radius 2 is 1.77 bits per heavy atom. The van der Waals surface area contributed by atoms with E-state index in [1.807, 2.05) is 60.6 Å². The van der Waals surface area contributed by atoms with Crippen LogP contribution in [0.2, 0.25) is 5.02 Å². The molecule has 8 heteroatoms. The zero-order valence-corrected chi connectivity index (χ0v) is 18.7. The van der Waals surface area contributed by atoms with Gasteiger partial charge in [-0.1, -0.05) is 53.6 Å². The molecule has 0 aromatic heterocycles. The molecule has 0 spiro atoms. The molecule has 0 aliphatic carbocycles. The van der Waals surface area contributed by atoms with Crippen LogP contribution in [0.15, 0.2) is 71.6 Å². The number of nitro groups is 1. The van der Waals surface area contributed by atoms with Crippen molar-refractivity contribution >= 4 is 40.8 Å². The Bertz CT molecular complexity index is 1090. The Morgan fingerprint density at radius 1 is 1.06 bits per heavy atom. The lowest BCUT2D eigenvalue weighted by Gasteiger charge is -2.25. The van der Waals surface area contributed by atoms with Crippen molar-refractivity contribution in [3.05, 3.63) is 98.6 Å². The lowest BCUT2D eigenvalue weighted by atomic mass is 10.2. The standard InChI is InChI=1S/C23H22ClN3O3S/c1-16-10-12-19(13-11-16)31-26(21-9-5-7-20(24)17(21)2)15-23(28)25-14-18-6-3-4-8-22(18)27(29)30/h3-13H,14-15H2,1-2H3,(H,25,28). The monoisotopic (exact) mass is 455 g/mol. The quantitative estimate of drug-likeness (QED) is 0.268. The van der Waals surface area contributed by atoms with Crippen molar-refractivity contribution in [3.63, 3.8) is 0 Å². The fraction of sp³-hybridized carbons (Fsp3) is 0.174. The number of nitro benzene ring substituents is 1. The molecule has 1 amide bonds. The van der Waals surface area contributed by atoms with Crippen LogP contribution in [0.25, 0.3) is 0 Å². The molecule has 6 nitrogen and oxygen atoms in total. The first-order valence-electron chi connectivity index (χ1n) is 9.61. The van der Waals surface area contributed by atoms with E-state index in [0.29, 0.717) is 10.6 Å². The summed E-state index contributed by atoms with van der Waals surface area (Å²) in [6.45, 7) is 4.06. The highest BCUT2D eigenvalue weighted by molar-refractivity contribution is 8.00. The molecule has 0 unspecified atom stereocenters. The fourth-order valence-electron chi connectivity index (χ4n) is 2.98. The minimum absolute atomic E-state index is 0.0145. The Morgan fingerprint density at radius 3 is 2.48 bits per heavy atom. The summed E-state index contributed by atoms with van der Waals surface area (Å²) >= 11 is 7.74. The van der Waals surface area contributed by atoms with Crippen LogP contribution in [-0.4, -0.2) is 17.4 Å². The number of rotatable bonds is 8. The van der Waals surface area contributed by atoms with Crippen LogP contribution in [0.3, 0.4) is 0 Å². The van der Waals surface area contributed by atoms with Gasteiger partial charge in [-0.15, -0.1) is 0 Å². The summed E-state index contributed by atoms with van der Waals surface area (Å²) < 4.78 is 1.88. The van der Waals surface area contributed by atoms with Gasteiger partial charge in [0.05, 0.1) is 10.6 Å². The second-order valence-electron chi connectivity index (χ2n) is 6.99. The molecule has 0 atom stereocenters. The van der Waals surface area contributed by atoms with Gasteiger partial charge in [-0.25, -0.2) is 0 Å². The first-order chi connectivity index (χ1) is 14.8. The van der Waals surface area contributed by atoms with Gasteiger partial charge in [0.15, 0.2) is 0 Å². The fourth-order valence-corrected chi connectivity index (χ4v) is 4.14. The summed E-state index contributed by atoms with van der Waals surface area (Å²) in [6, 6.07) is 20.0. The topological polar surface area (TPSA) is 75.5 Å². The molecular weight excluding hydrogens is 434 g/mol. The summed E-state index contributed by atoms with van der Waals surface area (Å²) in [4.78, 5) is 24.5. The molecular formula is C23H22ClN3O3S. The number of carbonyl (C=O) groups is 1. The van der Waals surface area contributed by atoms with E-state index in [0.717, 1.165) is 21.7 Å². The minimum atomic E-state index is -0.448. The second kappa shape index (κ2) is 10.3. The molecule has 31 heavy (non-hydrogen) atoms. The maximum atomic E-state index is 12.8. The van der Waals surface area contributed by atoms with E-state index in [1.165, 1.54) is 18.0 Å². The Hall–Kier alpha value is -3.03. The Kier molecular flexibility index (Phi) is 7.55. The van der Waals surface area contributed by atoms with Gasteiger partial charge in [-0.05, 0) is 55.6 Å². The smallest absolute Gasteiger partial charge is 0.274 e. The first-order valence-corrected chi connectivity index (χ1v) is 10.8. The number of carbonyl (C=O) groups excluding carboxylic acids is 1. The van der Waals surface area contributed by atoms with Crippen molar-refractivity contribution in [2.45, 2.75) is 25.3 Å². The number of nitrogens with one attached hydrogen (secondary N) is 1. The third-order valence-electron chi connectivity index (χ3n) is 4.70. The van der Waals surface area contributed by atoms with Gasteiger partial charge in [0.2, 0.25) is 5.91 Å². The molecule has 0 aliphatic heterocycles. The highest BCUT2D eigenvalue weighted by Crippen LogP contribution is 2.34. The number of halogens is 1. The van der Waals surface area contributed by atoms with Crippen LogP contribution in [0, 0.1) is 24.0 Å². The Labute approximate surface area is 190 Å². The maximum Gasteiger partial charge on any atom is 0.274 e. The highest BCUT2D eigenvalue weighted by atomic mass is 35.5. The van der Waals surface area contributed by atoms with Crippen molar-refractivity contribution in [2.75, 3.05) is 10.8 Å². The van der Waals surface area contributed by atoms with Gasteiger partial charge in [-0.3, -0.25) is 14.9 Å². The summed E-state index contributed by atoms with van der Waals surface area (Å²) in [5.74, 6) is -0.253. The number of aryl methyl sites for hydroxylation is 1. The van der Waals surface area contributed by atoms with E-state index in [9.17, 15) is 14.9 Å². The van der Waals surface area contributed by atoms with E-state index in [4.69, 9.17) is 11.6 Å². The van der Waals surface area contributed by atoms with Gasteiger partial charge in [0, 0.05) is 28.1 Å². The lowest BCUT2D eigenvalue weighted by molar-refractivity contribution is -0.385. The van der Waals surface area contributed by atoms with E-state index in [1.54, 1.807) is 18.2 Å². The van der Waals surface area contributed by atoms with Crippen molar-refractivity contribution < 1.29 is 9.72 Å². The van der Waals surface area contributed by atoms with Crippen LogP contribution in [0.4, 0.5) is 11.4 Å². The SMILES string of the molecule is Cc1ccc(SN(CC(=O)NCc2ccccc2[N+](=O)[O-])c2cccc(Cl)c2C)cc1. The van der Waals surface area contributed by atoms with Crippen LogP contribution in [0.1, 0.15) is 16.7 Å². The normalized spacial score (nSPS) is 10.5. The molecule has 0 aliphatic rings. The summed E-state index contributed by atoms with van der Waals surface area (Å²) in [5, 5.41) is 14.6. The van der Waals surface area contributed by atoms with Crippen LogP contribution in [-0.2, 0) is 11.3 Å². The number of anilines is 1. The van der Waals surface area contributed by atoms with Gasteiger partial charge < -0.3 is 9.62 Å². The largest absolute Gasteiger partial charge is 0.350 e. The predicted molar refractivity (Wildman–Crippen MR) is 126 cm³/mol. The van der Waals surface area contributed by atoms with Crippen molar-refractivity contribution in [1.82, 2.24) is 5.32 Å². The summed E-state index contributed by atoms with van der Waals surface area (Å²) in [6.07, 6.45) is 0. The van der Waals surface area contributed by atoms with Crippen LogP contribution in [0.5, 0.6) is 0 Å². The number of benzene rings is 3. The third-order valence-corrected chi connectivity index (χ3v) is 6.13. The maximum absolute atomic E-state index is 12.8. The van der Waals surface area contributed by atoms with Gasteiger partial charge >= 0.3 is 0 Å². The third kappa shape index (κ3) is 5.99. The highest BCUT2D eigenvalue weighted by Gasteiger charge is 2.18. The van der Waals surface area contributed by atoms with Gasteiger partial charge in [0.25, 0.3) is 5.69 Å². The van der Waals surface area contributed by atoms with Gasteiger partial charge in [-0.2, -0.15) is 0 Å². The number of amides is 1. The molecule has 0 radical (unpaired) electrons. The molecule has 160 valence electrons. The molecule has 0 fully saturated rings. The Balaban J connectivity index is 1.78. The molecule has 3 aromatic carbocycles. The van der Waals surface area contributed by atoms with Crippen molar-refractivity contribution in [2.24, 2.45) is 0 Å². The number of hydrogen-bond donors (Lipinski definition) is 1. The zero-order chi connectivity index (χ0) is 22.4. The van der Waals surface area contributed by atoms with Crippen molar-refractivity contribution in [1.29, 1.82) is 0 Å². The minimum Gasteiger partial charge on any atom is -0.350 e. The molecule has 0 saturated carbocycles. The molecule has 0 heterocycles. The van der Waals surface area contributed by atoms with Crippen LogP contribution >= 0.6 is 23.5 Å². The van der Waals surface area contributed by atoms with E-state index >= 15 is 0 Å². The molecule has 0 saturated heterocycles. The summed E-state index contributed by atoms with van der Waals surface area (Å²) in [7, 11) is 0. The molecule has 0 bridgehead atoms. The van der Waals surface area contributed by atoms with Crippen molar-refractivity contribution in [3.8, 4) is 0 Å². The average molecular weight is 456 g/mol. The van der Waals surface area contributed by atoms with Crippen LogP contribution < -0.4 is 9.62 Å². The molecule has 1 N–H and O–H groups in total. The second-order valence-corrected chi connectivity index (χ2v) is 8.49. The number of para-hydroxylation sites is 1. The lowest BCUT2D eigenvalue weighted by Crippen LogP contribution is -2.34. The number of nitrogens with zero attached hydrogens (tertiary/aromatic N) is 2. The van der Waals surface area contributed by atoms with E-state index < -0.39 is 4.92 Å². The van der Waals surface area contributed by atoms with Gasteiger partial charge in [0.1, 0.15) is 6.54 Å². The van der Waals surface area contributed by atoms with E-state index in [2.05, 4.69) is 5.32 Å². The number of hydrogen-bond acceptors (Lipinski definition) is 5. The average Bonchev–Trinajstić information content (AvgIpc) is 2.75. The molecule has 3 rings (SSSR count). The van der Waals surface area contributed by atoms with E-state index in [-0.39, 0.29) is 24.7 Å².